The third kappa shape index (κ3) is 3.70. The Morgan fingerprint density at radius 3 is 2.52 bits per heavy atom. The van der Waals surface area contributed by atoms with Crippen molar-refractivity contribution in [3.63, 3.8) is 0 Å². The molecule has 2 saturated heterocycles. The first-order chi connectivity index (χ1) is 13.1. The molecular weight excluding hydrogens is 342 g/mol. The molecule has 2 atom stereocenters. The smallest absolute Gasteiger partial charge is 0.253 e. The molecule has 1 N–H and O–H groups in total. The number of benzene rings is 1. The summed E-state index contributed by atoms with van der Waals surface area (Å²) in [5.74, 6) is 0.350. The SMILES string of the molecule is O=C1N[C@@H](CC2CCCCC2)C(=O)N2CCN(C(=O)c3ccccc3)C[C@H]12. The van der Waals surface area contributed by atoms with Crippen molar-refractivity contribution in [1.29, 1.82) is 0 Å². The van der Waals surface area contributed by atoms with E-state index in [0.717, 1.165) is 19.3 Å². The molecule has 0 spiro atoms. The zero-order valence-corrected chi connectivity index (χ0v) is 15.6. The van der Waals surface area contributed by atoms with Gasteiger partial charge in [-0.2, -0.15) is 0 Å². The third-order valence-electron chi connectivity index (χ3n) is 6.18. The lowest BCUT2D eigenvalue weighted by Crippen LogP contribution is -2.69. The summed E-state index contributed by atoms with van der Waals surface area (Å²) in [5.41, 5.74) is 0.615. The molecule has 0 radical (unpaired) electrons. The fraction of sp³-hybridized carbons (Fsp3) is 0.571. The summed E-state index contributed by atoms with van der Waals surface area (Å²) in [7, 11) is 0. The van der Waals surface area contributed by atoms with Gasteiger partial charge in [0.1, 0.15) is 12.1 Å². The Kier molecular flexibility index (Phi) is 5.14. The highest BCUT2D eigenvalue weighted by atomic mass is 16.2. The highest BCUT2D eigenvalue weighted by Crippen LogP contribution is 2.29. The van der Waals surface area contributed by atoms with Gasteiger partial charge in [0.25, 0.3) is 5.91 Å². The van der Waals surface area contributed by atoms with E-state index in [1.54, 1.807) is 21.9 Å². The number of rotatable bonds is 3. The molecule has 2 heterocycles. The Morgan fingerprint density at radius 1 is 1.04 bits per heavy atom. The summed E-state index contributed by atoms with van der Waals surface area (Å²) < 4.78 is 0. The van der Waals surface area contributed by atoms with Gasteiger partial charge in [0.15, 0.2) is 0 Å². The fourth-order valence-corrected chi connectivity index (χ4v) is 4.66. The maximum Gasteiger partial charge on any atom is 0.253 e. The monoisotopic (exact) mass is 369 g/mol. The van der Waals surface area contributed by atoms with Crippen LogP contribution in [0.5, 0.6) is 0 Å². The topological polar surface area (TPSA) is 69.7 Å². The average molecular weight is 369 g/mol. The van der Waals surface area contributed by atoms with Gasteiger partial charge in [-0.05, 0) is 24.5 Å². The van der Waals surface area contributed by atoms with E-state index in [1.807, 2.05) is 18.2 Å². The predicted molar refractivity (Wildman–Crippen MR) is 101 cm³/mol. The number of amides is 3. The molecule has 27 heavy (non-hydrogen) atoms. The average Bonchev–Trinajstić information content (AvgIpc) is 2.72. The molecular formula is C21H27N3O3. The molecule has 6 heteroatoms. The van der Waals surface area contributed by atoms with Crippen molar-refractivity contribution in [3.05, 3.63) is 35.9 Å². The lowest BCUT2D eigenvalue weighted by molar-refractivity contribution is -0.152. The van der Waals surface area contributed by atoms with Gasteiger partial charge in [0, 0.05) is 18.7 Å². The fourth-order valence-electron chi connectivity index (χ4n) is 4.66. The minimum absolute atomic E-state index is 0.0250. The lowest BCUT2D eigenvalue weighted by Gasteiger charge is -2.45. The van der Waals surface area contributed by atoms with Crippen LogP contribution in [0.3, 0.4) is 0 Å². The van der Waals surface area contributed by atoms with Crippen LogP contribution in [-0.4, -0.2) is 59.2 Å². The summed E-state index contributed by atoms with van der Waals surface area (Å²) >= 11 is 0. The summed E-state index contributed by atoms with van der Waals surface area (Å²) in [5, 5.41) is 2.94. The predicted octanol–water partition coefficient (Wildman–Crippen LogP) is 1.81. The van der Waals surface area contributed by atoms with E-state index in [1.165, 1.54) is 19.3 Å². The minimum atomic E-state index is -0.568. The molecule has 0 aromatic heterocycles. The number of carbonyl (C=O) groups excluding carboxylic acids is 3. The highest BCUT2D eigenvalue weighted by Gasteiger charge is 2.44. The lowest BCUT2D eigenvalue weighted by atomic mass is 9.84. The molecule has 3 amide bonds. The van der Waals surface area contributed by atoms with E-state index in [4.69, 9.17) is 0 Å². The van der Waals surface area contributed by atoms with Gasteiger partial charge < -0.3 is 15.1 Å². The third-order valence-corrected chi connectivity index (χ3v) is 6.18. The largest absolute Gasteiger partial charge is 0.342 e. The van der Waals surface area contributed by atoms with Crippen molar-refractivity contribution < 1.29 is 14.4 Å². The molecule has 3 fully saturated rings. The molecule has 144 valence electrons. The molecule has 4 rings (SSSR count). The normalized spacial score (nSPS) is 26.5. The van der Waals surface area contributed by atoms with Crippen molar-refractivity contribution in [2.75, 3.05) is 19.6 Å². The van der Waals surface area contributed by atoms with Crippen LogP contribution in [0.1, 0.15) is 48.9 Å². The van der Waals surface area contributed by atoms with E-state index in [-0.39, 0.29) is 24.3 Å². The molecule has 1 saturated carbocycles. The van der Waals surface area contributed by atoms with Crippen LogP contribution in [0.2, 0.25) is 0 Å². The Balaban J connectivity index is 1.41. The van der Waals surface area contributed by atoms with Gasteiger partial charge in [-0.3, -0.25) is 14.4 Å². The number of fused-ring (bicyclic) bond motifs is 1. The molecule has 1 aliphatic carbocycles. The Hall–Kier alpha value is -2.37. The number of hydrogen-bond acceptors (Lipinski definition) is 3. The quantitative estimate of drug-likeness (QED) is 0.883. The van der Waals surface area contributed by atoms with Crippen molar-refractivity contribution in [2.45, 2.75) is 50.6 Å². The second-order valence-corrected chi connectivity index (χ2v) is 7.97. The van der Waals surface area contributed by atoms with Crippen LogP contribution in [0.15, 0.2) is 30.3 Å². The number of nitrogens with zero attached hydrogens (tertiary/aromatic N) is 2. The van der Waals surface area contributed by atoms with Crippen LogP contribution in [-0.2, 0) is 9.59 Å². The van der Waals surface area contributed by atoms with E-state index in [0.29, 0.717) is 24.6 Å². The molecule has 0 unspecified atom stereocenters. The van der Waals surface area contributed by atoms with Crippen LogP contribution in [0.25, 0.3) is 0 Å². The van der Waals surface area contributed by atoms with Gasteiger partial charge in [-0.1, -0.05) is 50.3 Å². The van der Waals surface area contributed by atoms with E-state index < -0.39 is 12.1 Å². The van der Waals surface area contributed by atoms with Crippen molar-refractivity contribution in [2.24, 2.45) is 5.92 Å². The zero-order valence-electron chi connectivity index (χ0n) is 15.6. The molecule has 6 nitrogen and oxygen atoms in total. The molecule has 1 aromatic rings. The zero-order chi connectivity index (χ0) is 18.8. The molecule has 0 bridgehead atoms. The first kappa shape index (κ1) is 18.0. The first-order valence-electron chi connectivity index (χ1n) is 10.1. The van der Waals surface area contributed by atoms with Crippen LogP contribution < -0.4 is 5.32 Å². The van der Waals surface area contributed by atoms with Gasteiger partial charge in [-0.25, -0.2) is 0 Å². The summed E-state index contributed by atoms with van der Waals surface area (Å²) in [4.78, 5) is 41.7. The van der Waals surface area contributed by atoms with E-state index in [9.17, 15) is 14.4 Å². The number of carbonyl (C=O) groups is 3. The van der Waals surface area contributed by atoms with Gasteiger partial charge in [0.05, 0.1) is 6.54 Å². The second-order valence-electron chi connectivity index (χ2n) is 7.97. The van der Waals surface area contributed by atoms with Crippen molar-refractivity contribution >= 4 is 17.7 Å². The standard InChI is InChI=1S/C21H27N3O3/c25-19-18-14-23(20(26)16-9-5-2-6-10-16)11-12-24(18)21(27)17(22-19)13-15-7-3-1-4-8-15/h2,5-6,9-10,15,17-18H,1,3-4,7-8,11-14H2,(H,22,25)/t17-,18+/m0/s1. The number of nitrogens with one attached hydrogen (secondary N) is 1. The maximum absolute atomic E-state index is 12.9. The molecule has 2 aliphatic heterocycles. The van der Waals surface area contributed by atoms with Gasteiger partial charge in [-0.15, -0.1) is 0 Å². The second kappa shape index (κ2) is 7.71. The van der Waals surface area contributed by atoms with Crippen LogP contribution in [0, 0.1) is 5.92 Å². The Bertz CT molecular complexity index is 715. The molecule has 1 aromatic carbocycles. The molecule has 3 aliphatic rings. The number of hydrogen-bond donors (Lipinski definition) is 1. The maximum atomic E-state index is 12.9. The van der Waals surface area contributed by atoms with Gasteiger partial charge in [0.2, 0.25) is 11.8 Å². The van der Waals surface area contributed by atoms with Crippen molar-refractivity contribution in [3.8, 4) is 0 Å². The summed E-state index contributed by atoms with van der Waals surface area (Å²) in [6, 6.07) is 8.12. The summed E-state index contributed by atoms with van der Waals surface area (Å²) in [6.45, 7) is 1.16. The van der Waals surface area contributed by atoms with Crippen LogP contribution in [0.4, 0.5) is 0 Å². The number of piperazine rings is 2. The van der Waals surface area contributed by atoms with Gasteiger partial charge >= 0.3 is 0 Å². The Labute approximate surface area is 159 Å². The van der Waals surface area contributed by atoms with E-state index in [2.05, 4.69) is 5.32 Å². The van der Waals surface area contributed by atoms with E-state index >= 15 is 0 Å². The first-order valence-corrected chi connectivity index (χ1v) is 10.1. The highest BCUT2D eigenvalue weighted by molar-refractivity contribution is 5.99. The van der Waals surface area contributed by atoms with Crippen LogP contribution >= 0.6 is 0 Å². The summed E-state index contributed by atoms with van der Waals surface area (Å²) in [6.07, 6.45) is 6.79. The Morgan fingerprint density at radius 2 is 1.78 bits per heavy atom. The van der Waals surface area contributed by atoms with Crippen molar-refractivity contribution in [1.82, 2.24) is 15.1 Å². The minimum Gasteiger partial charge on any atom is -0.342 e.